The van der Waals surface area contributed by atoms with Crippen LogP contribution >= 0.6 is 0 Å². The number of likely N-dealkylation sites (tertiary alicyclic amines) is 1. The highest BCUT2D eigenvalue weighted by molar-refractivity contribution is 5.22. The molecule has 0 unspecified atom stereocenters. The van der Waals surface area contributed by atoms with Crippen molar-refractivity contribution < 1.29 is 9.13 Å². The van der Waals surface area contributed by atoms with E-state index in [0.29, 0.717) is 0 Å². The maximum absolute atomic E-state index is 12.8. The van der Waals surface area contributed by atoms with Gasteiger partial charge in [0.2, 0.25) is 0 Å². The lowest BCUT2D eigenvalue weighted by atomic mass is 9.99. The average Bonchev–Trinajstić information content (AvgIpc) is 2.32. The van der Waals surface area contributed by atoms with Gasteiger partial charge in [-0.1, -0.05) is 0 Å². The Bertz CT molecular complexity index is 374. The molecule has 0 aliphatic carbocycles. The molecule has 0 atom stereocenters. The molecule has 1 aliphatic heterocycles. The maximum atomic E-state index is 12.8. The maximum Gasteiger partial charge on any atom is 0.123 e. The lowest BCUT2D eigenvalue weighted by molar-refractivity contribution is 0.0491. The van der Waals surface area contributed by atoms with E-state index < -0.39 is 0 Å². The SMILES string of the molecule is CC(C)(C)N1CCC(Oc2ccc(F)cc2)CC1. The molecule has 0 aromatic heterocycles. The van der Waals surface area contributed by atoms with E-state index in [1.807, 2.05) is 0 Å². The fourth-order valence-electron chi connectivity index (χ4n) is 2.35. The summed E-state index contributed by atoms with van der Waals surface area (Å²) in [4.78, 5) is 2.48. The van der Waals surface area contributed by atoms with E-state index in [-0.39, 0.29) is 17.5 Å². The first-order valence-electron chi connectivity index (χ1n) is 6.62. The van der Waals surface area contributed by atoms with Gasteiger partial charge in [-0.25, -0.2) is 4.39 Å². The summed E-state index contributed by atoms with van der Waals surface area (Å²) in [5.74, 6) is 0.551. The van der Waals surface area contributed by atoms with E-state index in [1.54, 1.807) is 12.1 Å². The van der Waals surface area contributed by atoms with Crippen molar-refractivity contribution in [3.63, 3.8) is 0 Å². The van der Waals surface area contributed by atoms with Gasteiger partial charge in [-0.15, -0.1) is 0 Å². The Morgan fingerprint density at radius 1 is 1.11 bits per heavy atom. The van der Waals surface area contributed by atoms with Crippen molar-refractivity contribution in [3.05, 3.63) is 30.1 Å². The predicted octanol–water partition coefficient (Wildman–Crippen LogP) is 3.47. The summed E-state index contributed by atoms with van der Waals surface area (Å²) in [6.07, 6.45) is 2.33. The van der Waals surface area contributed by atoms with Crippen LogP contribution in [-0.4, -0.2) is 29.6 Å². The lowest BCUT2D eigenvalue weighted by Gasteiger charge is -2.40. The Labute approximate surface area is 109 Å². The highest BCUT2D eigenvalue weighted by Gasteiger charge is 2.27. The Hall–Kier alpha value is -1.09. The summed E-state index contributed by atoms with van der Waals surface area (Å²) in [5, 5.41) is 0. The van der Waals surface area contributed by atoms with Gasteiger partial charge in [0.05, 0.1) is 0 Å². The average molecular weight is 251 g/mol. The minimum Gasteiger partial charge on any atom is -0.490 e. The molecule has 1 saturated heterocycles. The van der Waals surface area contributed by atoms with Crippen molar-refractivity contribution in [2.24, 2.45) is 0 Å². The Morgan fingerprint density at radius 2 is 1.67 bits per heavy atom. The molecule has 0 spiro atoms. The monoisotopic (exact) mass is 251 g/mol. The molecule has 1 aromatic rings. The molecule has 3 heteroatoms. The first kappa shape index (κ1) is 13.3. The van der Waals surface area contributed by atoms with Gasteiger partial charge in [-0.05, 0) is 57.9 Å². The summed E-state index contributed by atoms with van der Waals surface area (Å²) in [5.41, 5.74) is 0.237. The molecule has 1 aliphatic rings. The summed E-state index contributed by atoms with van der Waals surface area (Å²) in [7, 11) is 0. The number of hydrogen-bond acceptors (Lipinski definition) is 2. The molecule has 1 aromatic carbocycles. The molecule has 1 fully saturated rings. The standard InChI is InChI=1S/C15H22FNO/c1-15(2,3)17-10-8-14(9-11-17)18-13-6-4-12(16)5-7-13/h4-7,14H,8-11H2,1-3H3. The highest BCUT2D eigenvalue weighted by Crippen LogP contribution is 2.23. The zero-order chi connectivity index (χ0) is 13.2. The van der Waals surface area contributed by atoms with E-state index in [4.69, 9.17) is 4.74 Å². The van der Waals surface area contributed by atoms with Crippen LogP contribution in [0.2, 0.25) is 0 Å². The molecular formula is C15H22FNO. The number of benzene rings is 1. The number of halogens is 1. The quantitative estimate of drug-likeness (QED) is 0.798. The second kappa shape index (κ2) is 5.27. The highest BCUT2D eigenvalue weighted by atomic mass is 19.1. The molecule has 0 radical (unpaired) electrons. The van der Waals surface area contributed by atoms with Gasteiger partial charge < -0.3 is 4.74 Å². The van der Waals surface area contributed by atoms with Gasteiger partial charge in [0.15, 0.2) is 0 Å². The summed E-state index contributed by atoms with van der Waals surface area (Å²) in [6.45, 7) is 8.86. The predicted molar refractivity (Wildman–Crippen MR) is 71.4 cm³/mol. The first-order chi connectivity index (χ1) is 8.45. The lowest BCUT2D eigenvalue weighted by Crippen LogP contribution is -2.48. The van der Waals surface area contributed by atoms with Crippen LogP contribution in [-0.2, 0) is 0 Å². The van der Waals surface area contributed by atoms with Gasteiger partial charge >= 0.3 is 0 Å². The zero-order valence-electron chi connectivity index (χ0n) is 11.4. The van der Waals surface area contributed by atoms with Gasteiger partial charge in [-0.2, -0.15) is 0 Å². The number of hydrogen-bond donors (Lipinski definition) is 0. The number of nitrogens with zero attached hydrogens (tertiary/aromatic N) is 1. The minimum atomic E-state index is -0.218. The van der Waals surface area contributed by atoms with Crippen LogP contribution in [0.25, 0.3) is 0 Å². The van der Waals surface area contributed by atoms with Crippen LogP contribution < -0.4 is 4.74 Å². The molecule has 0 bridgehead atoms. The third kappa shape index (κ3) is 3.45. The molecule has 0 N–H and O–H groups in total. The topological polar surface area (TPSA) is 12.5 Å². The van der Waals surface area contributed by atoms with E-state index >= 15 is 0 Å². The molecule has 0 saturated carbocycles. The smallest absolute Gasteiger partial charge is 0.123 e. The van der Waals surface area contributed by atoms with Crippen molar-refractivity contribution in [2.75, 3.05) is 13.1 Å². The van der Waals surface area contributed by atoms with E-state index in [1.165, 1.54) is 12.1 Å². The number of rotatable bonds is 2. The molecule has 100 valence electrons. The molecule has 2 rings (SSSR count). The van der Waals surface area contributed by atoms with Crippen molar-refractivity contribution >= 4 is 0 Å². The fraction of sp³-hybridized carbons (Fsp3) is 0.600. The van der Waals surface area contributed by atoms with Crippen molar-refractivity contribution in [2.45, 2.75) is 45.3 Å². The zero-order valence-corrected chi connectivity index (χ0v) is 11.4. The molecule has 1 heterocycles. The van der Waals surface area contributed by atoms with Crippen LogP contribution in [0.3, 0.4) is 0 Å². The molecule has 18 heavy (non-hydrogen) atoms. The molecular weight excluding hydrogens is 229 g/mol. The van der Waals surface area contributed by atoms with Crippen LogP contribution in [0.15, 0.2) is 24.3 Å². The Morgan fingerprint density at radius 3 is 2.17 bits per heavy atom. The van der Waals surface area contributed by atoms with Crippen molar-refractivity contribution in [3.8, 4) is 5.75 Å². The summed E-state index contributed by atoms with van der Waals surface area (Å²) >= 11 is 0. The van der Waals surface area contributed by atoms with E-state index in [2.05, 4.69) is 25.7 Å². The van der Waals surface area contributed by atoms with Crippen LogP contribution in [0.4, 0.5) is 4.39 Å². The molecule has 2 nitrogen and oxygen atoms in total. The summed E-state index contributed by atoms with van der Waals surface area (Å²) < 4.78 is 18.7. The van der Waals surface area contributed by atoms with Crippen molar-refractivity contribution in [1.29, 1.82) is 0 Å². The minimum absolute atomic E-state index is 0.218. The normalized spacial score (nSPS) is 18.9. The van der Waals surface area contributed by atoms with Gasteiger partial charge in [0.25, 0.3) is 0 Å². The third-order valence-corrected chi connectivity index (χ3v) is 3.51. The van der Waals surface area contributed by atoms with Crippen LogP contribution in [0.5, 0.6) is 5.75 Å². The van der Waals surface area contributed by atoms with Gasteiger partial charge in [-0.3, -0.25) is 4.90 Å². The summed E-state index contributed by atoms with van der Waals surface area (Å²) in [6, 6.07) is 6.29. The number of ether oxygens (including phenoxy) is 1. The van der Waals surface area contributed by atoms with E-state index in [9.17, 15) is 4.39 Å². The van der Waals surface area contributed by atoms with E-state index in [0.717, 1.165) is 31.7 Å². The third-order valence-electron chi connectivity index (χ3n) is 3.51. The Kier molecular flexibility index (Phi) is 3.91. The Balaban J connectivity index is 1.85. The second-order valence-electron chi connectivity index (χ2n) is 5.93. The van der Waals surface area contributed by atoms with Crippen molar-refractivity contribution in [1.82, 2.24) is 4.90 Å². The van der Waals surface area contributed by atoms with Crippen LogP contribution in [0.1, 0.15) is 33.6 Å². The van der Waals surface area contributed by atoms with Gasteiger partial charge in [0, 0.05) is 18.6 Å². The number of piperidine rings is 1. The van der Waals surface area contributed by atoms with Crippen LogP contribution in [0, 0.1) is 5.82 Å². The van der Waals surface area contributed by atoms with Gasteiger partial charge in [0.1, 0.15) is 17.7 Å². The molecule has 0 amide bonds. The fourth-order valence-corrected chi connectivity index (χ4v) is 2.35. The first-order valence-corrected chi connectivity index (χ1v) is 6.62. The largest absolute Gasteiger partial charge is 0.490 e. The second-order valence-corrected chi connectivity index (χ2v) is 5.93.